The van der Waals surface area contributed by atoms with Crippen LogP contribution in [0.4, 0.5) is 11.7 Å². The van der Waals surface area contributed by atoms with Crippen LogP contribution in [-0.2, 0) is 0 Å². The fourth-order valence-electron chi connectivity index (χ4n) is 2.93. The number of amides is 1. The van der Waals surface area contributed by atoms with Crippen LogP contribution in [0.5, 0.6) is 0 Å². The number of carbonyl (C=O) groups excluding carboxylic acids is 1. The molecule has 7 heteroatoms. The normalized spacial score (nSPS) is 14.8. The number of hydrogen-bond donors (Lipinski definition) is 1. The number of carbonyl (C=O) groups is 1. The second-order valence-electron chi connectivity index (χ2n) is 5.93. The van der Waals surface area contributed by atoms with Gasteiger partial charge in [-0.15, -0.1) is 0 Å². The van der Waals surface area contributed by atoms with Gasteiger partial charge in [-0.05, 0) is 24.3 Å². The Bertz CT molecular complexity index is 849. The average molecular weight is 337 g/mol. The van der Waals surface area contributed by atoms with E-state index in [9.17, 15) is 4.79 Å². The van der Waals surface area contributed by atoms with Gasteiger partial charge in [0, 0.05) is 33.2 Å². The van der Waals surface area contributed by atoms with E-state index in [1.165, 1.54) is 0 Å². The predicted octanol–water partition coefficient (Wildman–Crippen LogP) is 2.23. The van der Waals surface area contributed by atoms with Gasteiger partial charge in [0.25, 0.3) is 11.9 Å². The zero-order valence-electron chi connectivity index (χ0n) is 14.0. The summed E-state index contributed by atoms with van der Waals surface area (Å²) in [4.78, 5) is 25.2. The Hall–Kier alpha value is -3.09. The molecule has 0 aliphatic carbocycles. The van der Waals surface area contributed by atoms with E-state index in [0.29, 0.717) is 37.9 Å². The van der Waals surface area contributed by atoms with Crippen LogP contribution in [0, 0.1) is 0 Å². The Morgan fingerprint density at radius 2 is 1.92 bits per heavy atom. The maximum absolute atomic E-state index is 12.6. The monoisotopic (exact) mass is 337 g/mol. The van der Waals surface area contributed by atoms with Crippen molar-refractivity contribution >= 4 is 28.7 Å². The van der Waals surface area contributed by atoms with Crippen LogP contribution >= 0.6 is 0 Å². The van der Waals surface area contributed by atoms with Gasteiger partial charge in [0.15, 0.2) is 5.58 Å². The van der Waals surface area contributed by atoms with Gasteiger partial charge in [-0.3, -0.25) is 4.79 Å². The van der Waals surface area contributed by atoms with Crippen LogP contribution in [0.25, 0.3) is 11.1 Å². The zero-order chi connectivity index (χ0) is 17.2. The van der Waals surface area contributed by atoms with Crippen LogP contribution in [0.1, 0.15) is 10.5 Å². The molecule has 1 aliphatic rings. The lowest BCUT2D eigenvalue weighted by molar-refractivity contribution is 0.0739. The predicted molar refractivity (Wildman–Crippen MR) is 95.9 cm³/mol. The fraction of sp³-hybridized carbons (Fsp3) is 0.278. The van der Waals surface area contributed by atoms with Crippen LogP contribution in [0.15, 0.2) is 47.0 Å². The summed E-state index contributed by atoms with van der Waals surface area (Å²) >= 11 is 0. The summed E-state index contributed by atoms with van der Waals surface area (Å²) in [5.41, 5.74) is 2.99. The maximum Gasteiger partial charge on any atom is 0.298 e. The Morgan fingerprint density at radius 3 is 2.60 bits per heavy atom. The highest BCUT2D eigenvalue weighted by atomic mass is 16.4. The van der Waals surface area contributed by atoms with Crippen molar-refractivity contribution in [3.05, 3.63) is 48.3 Å². The molecule has 0 unspecified atom stereocenters. The molecule has 1 aliphatic heterocycles. The number of oxazole rings is 1. The molecule has 1 fully saturated rings. The van der Waals surface area contributed by atoms with Gasteiger partial charge in [0.1, 0.15) is 11.2 Å². The Balaban J connectivity index is 1.42. The Morgan fingerprint density at radius 1 is 1.12 bits per heavy atom. The number of piperazine rings is 1. The highest BCUT2D eigenvalue weighted by Crippen LogP contribution is 2.22. The Kier molecular flexibility index (Phi) is 3.97. The standard InChI is InChI=1S/C18H19N5O2/c1-19-13-6-7-15(20-12-13)17(24)22-8-10-23(11-9-22)18-21-14-4-2-3-5-16(14)25-18/h2-7,12,19H,8-11H2,1H3. The first-order valence-corrected chi connectivity index (χ1v) is 8.28. The van der Waals surface area contributed by atoms with Gasteiger partial charge < -0.3 is 19.5 Å². The first-order valence-electron chi connectivity index (χ1n) is 8.28. The van der Waals surface area contributed by atoms with E-state index < -0.39 is 0 Å². The van der Waals surface area contributed by atoms with Crippen molar-refractivity contribution in [3.8, 4) is 0 Å². The lowest BCUT2D eigenvalue weighted by Gasteiger charge is -2.33. The number of para-hydroxylation sites is 2. The van der Waals surface area contributed by atoms with Crippen molar-refractivity contribution in [2.24, 2.45) is 0 Å². The summed E-state index contributed by atoms with van der Waals surface area (Å²) in [6.07, 6.45) is 1.67. The van der Waals surface area contributed by atoms with Gasteiger partial charge >= 0.3 is 0 Å². The summed E-state index contributed by atoms with van der Waals surface area (Å²) in [5, 5.41) is 3.00. The number of pyridine rings is 1. The molecule has 4 rings (SSSR count). The number of benzene rings is 1. The van der Waals surface area contributed by atoms with Crippen molar-refractivity contribution in [3.63, 3.8) is 0 Å². The van der Waals surface area contributed by atoms with Gasteiger partial charge in [-0.25, -0.2) is 4.98 Å². The molecule has 3 aromatic rings. The summed E-state index contributed by atoms with van der Waals surface area (Å²) in [5.74, 6) is -0.0418. The minimum absolute atomic E-state index is 0.0418. The quantitative estimate of drug-likeness (QED) is 0.790. The number of hydrogen-bond acceptors (Lipinski definition) is 6. The van der Waals surface area contributed by atoms with Crippen molar-refractivity contribution in [2.45, 2.75) is 0 Å². The van der Waals surface area contributed by atoms with E-state index in [0.717, 1.165) is 16.8 Å². The lowest BCUT2D eigenvalue weighted by atomic mass is 10.2. The summed E-state index contributed by atoms with van der Waals surface area (Å²) < 4.78 is 5.81. The number of anilines is 2. The van der Waals surface area contributed by atoms with Crippen LogP contribution < -0.4 is 10.2 Å². The number of aromatic nitrogens is 2. The fourth-order valence-corrected chi connectivity index (χ4v) is 2.93. The van der Waals surface area contributed by atoms with Crippen LogP contribution in [0.2, 0.25) is 0 Å². The topological polar surface area (TPSA) is 74.5 Å². The van der Waals surface area contributed by atoms with Crippen LogP contribution in [0.3, 0.4) is 0 Å². The summed E-state index contributed by atoms with van der Waals surface area (Å²) in [6, 6.07) is 11.9. The summed E-state index contributed by atoms with van der Waals surface area (Å²) in [7, 11) is 1.82. The highest BCUT2D eigenvalue weighted by molar-refractivity contribution is 5.92. The molecule has 3 heterocycles. The first-order chi connectivity index (χ1) is 12.2. The smallest absolute Gasteiger partial charge is 0.298 e. The molecular formula is C18H19N5O2. The number of nitrogens with zero attached hydrogens (tertiary/aromatic N) is 4. The van der Waals surface area contributed by atoms with Crippen molar-refractivity contribution < 1.29 is 9.21 Å². The number of nitrogens with one attached hydrogen (secondary N) is 1. The van der Waals surface area contributed by atoms with E-state index in [2.05, 4.69) is 20.2 Å². The zero-order valence-corrected chi connectivity index (χ0v) is 14.0. The van der Waals surface area contributed by atoms with Crippen molar-refractivity contribution in [1.82, 2.24) is 14.9 Å². The van der Waals surface area contributed by atoms with E-state index in [1.54, 1.807) is 12.3 Å². The lowest BCUT2D eigenvalue weighted by Crippen LogP contribution is -2.49. The van der Waals surface area contributed by atoms with Gasteiger partial charge in [0.2, 0.25) is 0 Å². The molecule has 1 N–H and O–H groups in total. The second kappa shape index (κ2) is 6.43. The molecule has 128 valence electrons. The van der Waals surface area contributed by atoms with Crippen molar-refractivity contribution in [1.29, 1.82) is 0 Å². The first kappa shape index (κ1) is 15.4. The minimum Gasteiger partial charge on any atom is -0.423 e. The molecule has 0 saturated carbocycles. The molecule has 2 aromatic heterocycles. The molecule has 0 atom stereocenters. The third kappa shape index (κ3) is 3.00. The van der Waals surface area contributed by atoms with Crippen molar-refractivity contribution in [2.75, 3.05) is 43.4 Å². The highest BCUT2D eigenvalue weighted by Gasteiger charge is 2.25. The molecule has 0 radical (unpaired) electrons. The second-order valence-corrected chi connectivity index (χ2v) is 5.93. The molecule has 1 amide bonds. The average Bonchev–Trinajstić information content (AvgIpc) is 3.12. The molecule has 1 saturated heterocycles. The third-order valence-electron chi connectivity index (χ3n) is 4.39. The van der Waals surface area contributed by atoms with Gasteiger partial charge in [-0.1, -0.05) is 12.1 Å². The maximum atomic E-state index is 12.6. The number of fused-ring (bicyclic) bond motifs is 1. The largest absolute Gasteiger partial charge is 0.423 e. The molecule has 7 nitrogen and oxygen atoms in total. The van der Waals surface area contributed by atoms with Crippen LogP contribution in [-0.4, -0.2) is 54.0 Å². The van der Waals surface area contributed by atoms with Gasteiger partial charge in [-0.2, -0.15) is 4.98 Å². The Labute approximate surface area is 145 Å². The molecular weight excluding hydrogens is 318 g/mol. The molecule has 1 aromatic carbocycles. The third-order valence-corrected chi connectivity index (χ3v) is 4.39. The van der Waals surface area contributed by atoms with E-state index in [-0.39, 0.29) is 5.91 Å². The van der Waals surface area contributed by atoms with E-state index >= 15 is 0 Å². The molecule has 0 bridgehead atoms. The minimum atomic E-state index is -0.0418. The number of rotatable bonds is 3. The molecule has 25 heavy (non-hydrogen) atoms. The van der Waals surface area contributed by atoms with Gasteiger partial charge in [0.05, 0.1) is 11.9 Å². The summed E-state index contributed by atoms with van der Waals surface area (Å²) in [6.45, 7) is 2.61. The van der Waals surface area contributed by atoms with E-state index in [4.69, 9.17) is 4.42 Å². The SMILES string of the molecule is CNc1ccc(C(=O)N2CCN(c3nc4ccccc4o3)CC2)nc1. The molecule has 0 spiro atoms. The van der Waals surface area contributed by atoms with E-state index in [1.807, 2.05) is 42.3 Å².